The number of aliphatic hydroxyl groups excluding tert-OH is 1. The zero-order chi connectivity index (χ0) is 15.1. The molecule has 0 bridgehead atoms. The Bertz CT molecular complexity index is 337. The Balaban J connectivity index is 2.46. The molecule has 0 aromatic heterocycles. The molecule has 1 aliphatic rings. The lowest BCUT2D eigenvalue weighted by molar-refractivity contribution is -0.142. The first-order valence-corrected chi connectivity index (χ1v) is 6.88. The second-order valence-electron chi connectivity index (χ2n) is 5.15. The summed E-state index contributed by atoms with van der Waals surface area (Å²) >= 11 is 0. The van der Waals surface area contributed by atoms with Crippen LogP contribution in [0.25, 0.3) is 0 Å². The molecule has 2 atom stereocenters. The number of amides is 2. The Hall–Kier alpha value is -1.34. The Kier molecular flexibility index (Phi) is 6.74. The predicted octanol–water partition coefficient (Wildman–Crippen LogP) is 0.232. The van der Waals surface area contributed by atoms with Crippen molar-refractivity contribution >= 4 is 12.0 Å². The number of aliphatic carboxylic acids is 1. The van der Waals surface area contributed by atoms with E-state index in [2.05, 4.69) is 0 Å². The minimum Gasteiger partial charge on any atom is -0.481 e. The summed E-state index contributed by atoms with van der Waals surface area (Å²) in [6.07, 6.45) is 2.41. The van der Waals surface area contributed by atoms with Crippen LogP contribution in [0.4, 0.5) is 4.79 Å². The number of ether oxygens (including phenoxy) is 1. The summed E-state index contributed by atoms with van der Waals surface area (Å²) in [6.45, 7) is 1.17. The highest BCUT2D eigenvalue weighted by Gasteiger charge is 2.39. The molecule has 1 fully saturated rings. The molecule has 1 saturated heterocycles. The molecule has 0 saturated carbocycles. The van der Waals surface area contributed by atoms with Gasteiger partial charge in [-0.3, -0.25) is 4.79 Å². The number of rotatable bonds is 7. The van der Waals surface area contributed by atoms with Gasteiger partial charge in [-0.25, -0.2) is 4.79 Å². The summed E-state index contributed by atoms with van der Waals surface area (Å²) in [5.41, 5.74) is 0. The number of carboxylic acid groups (broad SMARTS) is 1. The maximum atomic E-state index is 12.2. The van der Waals surface area contributed by atoms with Crippen molar-refractivity contribution in [2.75, 3.05) is 40.5 Å². The molecule has 20 heavy (non-hydrogen) atoms. The number of carboxylic acids is 1. The molecular formula is C13H24N2O5. The molecule has 0 spiro atoms. The number of nitrogens with zero attached hydrogens (tertiary/aromatic N) is 2. The molecule has 0 aliphatic carbocycles. The first-order valence-electron chi connectivity index (χ1n) is 6.88. The molecule has 7 nitrogen and oxygen atoms in total. The van der Waals surface area contributed by atoms with Crippen molar-refractivity contribution in [1.82, 2.24) is 9.80 Å². The highest BCUT2D eigenvalue weighted by atomic mass is 16.5. The quantitative estimate of drug-likeness (QED) is 0.655. The van der Waals surface area contributed by atoms with Gasteiger partial charge in [0.25, 0.3) is 0 Å². The van der Waals surface area contributed by atoms with Gasteiger partial charge in [0.1, 0.15) is 5.92 Å². The second-order valence-corrected chi connectivity index (χ2v) is 5.15. The standard InChI is InChI=1S/C13H24N2O5/c1-14(6-4-3-5-7-16)13(19)15(2)11-9-20-8-10(11)12(17)18/h10-11,16H,3-9H2,1-2H3,(H,17,18). The zero-order valence-corrected chi connectivity index (χ0v) is 12.1. The van der Waals surface area contributed by atoms with Gasteiger partial charge in [0.15, 0.2) is 0 Å². The van der Waals surface area contributed by atoms with Gasteiger partial charge in [0, 0.05) is 27.2 Å². The lowest BCUT2D eigenvalue weighted by Gasteiger charge is -2.30. The van der Waals surface area contributed by atoms with Crippen LogP contribution in [0.3, 0.4) is 0 Å². The van der Waals surface area contributed by atoms with Crippen molar-refractivity contribution in [2.45, 2.75) is 25.3 Å². The topological polar surface area (TPSA) is 90.3 Å². The van der Waals surface area contributed by atoms with Crippen molar-refractivity contribution in [3.8, 4) is 0 Å². The number of carbonyl (C=O) groups excluding carboxylic acids is 1. The van der Waals surface area contributed by atoms with Crippen molar-refractivity contribution < 1.29 is 24.5 Å². The first-order chi connectivity index (χ1) is 9.49. The maximum Gasteiger partial charge on any atom is 0.319 e. The van der Waals surface area contributed by atoms with Gasteiger partial charge in [0.05, 0.1) is 19.3 Å². The van der Waals surface area contributed by atoms with Crippen molar-refractivity contribution in [2.24, 2.45) is 5.92 Å². The fourth-order valence-electron chi connectivity index (χ4n) is 2.30. The summed E-state index contributed by atoms with van der Waals surface area (Å²) in [4.78, 5) is 26.3. The minimum absolute atomic E-state index is 0.151. The van der Waals surface area contributed by atoms with E-state index in [4.69, 9.17) is 14.9 Å². The largest absolute Gasteiger partial charge is 0.481 e. The summed E-state index contributed by atoms with van der Waals surface area (Å²) in [5, 5.41) is 17.8. The molecule has 0 radical (unpaired) electrons. The molecule has 7 heteroatoms. The molecule has 1 aliphatic heterocycles. The smallest absolute Gasteiger partial charge is 0.319 e. The van der Waals surface area contributed by atoms with Crippen LogP contribution < -0.4 is 0 Å². The van der Waals surface area contributed by atoms with Crippen LogP contribution in [-0.2, 0) is 9.53 Å². The summed E-state index contributed by atoms with van der Waals surface area (Å²) in [7, 11) is 3.31. The lowest BCUT2D eigenvalue weighted by atomic mass is 10.0. The van der Waals surface area contributed by atoms with Gasteiger partial charge in [-0.05, 0) is 19.3 Å². The second kappa shape index (κ2) is 8.06. The van der Waals surface area contributed by atoms with E-state index in [0.717, 1.165) is 19.3 Å². The summed E-state index contributed by atoms with van der Waals surface area (Å²) < 4.78 is 5.17. The number of aliphatic hydroxyl groups is 1. The van der Waals surface area contributed by atoms with Crippen molar-refractivity contribution in [3.05, 3.63) is 0 Å². The van der Waals surface area contributed by atoms with Gasteiger partial charge in [-0.2, -0.15) is 0 Å². The number of urea groups is 1. The third-order valence-corrected chi connectivity index (χ3v) is 3.65. The molecule has 2 unspecified atom stereocenters. The van der Waals surface area contributed by atoms with Crippen molar-refractivity contribution in [3.63, 3.8) is 0 Å². The third kappa shape index (κ3) is 4.35. The van der Waals surface area contributed by atoms with Gasteiger partial charge < -0.3 is 24.7 Å². The zero-order valence-electron chi connectivity index (χ0n) is 12.1. The van der Waals surface area contributed by atoms with Gasteiger partial charge in [-0.1, -0.05) is 0 Å². The summed E-state index contributed by atoms with van der Waals surface area (Å²) in [6, 6.07) is -0.615. The van der Waals surface area contributed by atoms with Gasteiger partial charge >= 0.3 is 12.0 Å². The summed E-state index contributed by atoms with van der Waals surface area (Å²) in [5.74, 6) is -1.59. The molecule has 1 rings (SSSR count). The molecule has 0 aromatic carbocycles. The molecule has 2 amide bonds. The molecule has 1 heterocycles. The van der Waals surface area contributed by atoms with E-state index in [-0.39, 0.29) is 25.9 Å². The van der Waals surface area contributed by atoms with Crippen LogP contribution in [0.15, 0.2) is 0 Å². The molecule has 0 aromatic rings. The van der Waals surface area contributed by atoms with Crippen LogP contribution in [0, 0.1) is 5.92 Å². The van der Waals surface area contributed by atoms with Gasteiger partial charge in [0.2, 0.25) is 0 Å². The average Bonchev–Trinajstić information content (AvgIpc) is 2.91. The van der Waals surface area contributed by atoms with Crippen LogP contribution in [0.2, 0.25) is 0 Å². The van der Waals surface area contributed by atoms with E-state index in [0.29, 0.717) is 6.54 Å². The predicted molar refractivity (Wildman–Crippen MR) is 72.5 cm³/mol. The minimum atomic E-state index is -0.933. The number of likely N-dealkylation sites (N-methyl/N-ethyl adjacent to an activating group) is 1. The SMILES string of the molecule is CN(CCCCCO)C(=O)N(C)C1COCC1C(=O)O. The fourth-order valence-corrected chi connectivity index (χ4v) is 2.30. The molecule has 116 valence electrons. The highest BCUT2D eigenvalue weighted by Crippen LogP contribution is 2.20. The van der Waals surface area contributed by atoms with Crippen LogP contribution >= 0.6 is 0 Å². The Morgan fingerprint density at radius 1 is 1.20 bits per heavy atom. The van der Waals surface area contributed by atoms with Crippen LogP contribution in [0.1, 0.15) is 19.3 Å². The van der Waals surface area contributed by atoms with E-state index < -0.39 is 17.9 Å². The van der Waals surface area contributed by atoms with E-state index in [1.165, 1.54) is 4.90 Å². The maximum absolute atomic E-state index is 12.2. The number of hydrogen-bond donors (Lipinski definition) is 2. The first kappa shape index (κ1) is 16.7. The fraction of sp³-hybridized carbons (Fsp3) is 0.846. The van der Waals surface area contributed by atoms with Crippen molar-refractivity contribution in [1.29, 1.82) is 0 Å². The highest BCUT2D eigenvalue weighted by molar-refractivity contribution is 5.77. The third-order valence-electron chi connectivity index (χ3n) is 3.65. The number of unbranched alkanes of at least 4 members (excludes halogenated alkanes) is 2. The number of carbonyl (C=O) groups is 2. The van der Waals surface area contributed by atoms with Crippen LogP contribution in [0.5, 0.6) is 0 Å². The van der Waals surface area contributed by atoms with Gasteiger partial charge in [-0.15, -0.1) is 0 Å². The molecular weight excluding hydrogens is 264 g/mol. The number of hydrogen-bond acceptors (Lipinski definition) is 4. The average molecular weight is 288 g/mol. The normalized spacial score (nSPS) is 21.8. The molecule has 2 N–H and O–H groups in total. The van der Waals surface area contributed by atoms with E-state index in [9.17, 15) is 9.59 Å². The van der Waals surface area contributed by atoms with E-state index >= 15 is 0 Å². The Morgan fingerprint density at radius 3 is 2.50 bits per heavy atom. The Morgan fingerprint density at radius 2 is 1.90 bits per heavy atom. The lowest BCUT2D eigenvalue weighted by Crippen LogP contribution is -2.49. The van der Waals surface area contributed by atoms with E-state index in [1.807, 2.05) is 0 Å². The van der Waals surface area contributed by atoms with Crippen LogP contribution in [-0.4, -0.2) is 78.5 Å². The monoisotopic (exact) mass is 288 g/mol. The van der Waals surface area contributed by atoms with E-state index in [1.54, 1.807) is 19.0 Å². The Labute approximate surface area is 119 Å².